The molecule has 1 unspecified atom stereocenters. The summed E-state index contributed by atoms with van der Waals surface area (Å²) in [6.45, 7) is 1.73. The molecule has 1 aliphatic carbocycles. The first-order valence-electron chi connectivity index (χ1n) is 7.41. The Bertz CT molecular complexity index is 549. The Labute approximate surface area is 124 Å². The van der Waals surface area contributed by atoms with Crippen LogP contribution in [-0.2, 0) is 0 Å². The average Bonchev–Trinajstić information content (AvgIpc) is 2.89. The molecule has 6 nitrogen and oxygen atoms in total. The van der Waals surface area contributed by atoms with Gasteiger partial charge >= 0.3 is 0 Å². The number of benzene rings is 1. The lowest BCUT2D eigenvalue weighted by molar-refractivity contribution is -0.384. The molecule has 1 aromatic rings. The molecule has 0 bridgehead atoms. The number of nitrogens with zero attached hydrogens (tertiary/aromatic N) is 2. The maximum atomic E-state index is 11.3. The Morgan fingerprint density at radius 3 is 2.81 bits per heavy atom. The Morgan fingerprint density at radius 2 is 2.10 bits per heavy atom. The van der Waals surface area contributed by atoms with Crippen LogP contribution in [0.3, 0.4) is 0 Å². The van der Waals surface area contributed by atoms with E-state index in [4.69, 9.17) is 10.5 Å². The smallest absolute Gasteiger partial charge is 0.292 e. The minimum Gasteiger partial charge on any atom is -0.497 e. The zero-order valence-corrected chi connectivity index (χ0v) is 12.2. The third-order valence-electron chi connectivity index (χ3n) is 4.81. The van der Waals surface area contributed by atoms with E-state index in [1.807, 2.05) is 0 Å². The number of rotatable bonds is 3. The lowest BCUT2D eigenvalue weighted by Gasteiger charge is -2.27. The molecule has 2 fully saturated rings. The fourth-order valence-electron chi connectivity index (χ4n) is 3.70. The van der Waals surface area contributed by atoms with Gasteiger partial charge in [-0.2, -0.15) is 0 Å². The molecule has 2 aliphatic rings. The van der Waals surface area contributed by atoms with Gasteiger partial charge < -0.3 is 15.4 Å². The van der Waals surface area contributed by atoms with Crippen LogP contribution in [0.5, 0.6) is 5.75 Å². The zero-order valence-electron chi connectivity index (χ0n) is 12.2. The standard InChI is InChI=1S/C15H21N3O3/c1-21-13-4-5-14(18(19)20)15(7-13)17-8-10-2-3-12(16)6-11(10)9-17/h4-5,7,10-12H,2-3,6,8-9,16H2,1H3/t10-,11+,12?/m1/s1. The molecule has 1 saturated carbocycles. The molecule has 21 heavy (non-hydrogen) atoms. The first-order chi connectivity index (χ1) is 10.1. The molecule has 1 aliphatic heterocycles. The SMILES string of the molecule is COc1ccc([N+](=O)[O-])c(N2C[C@H]3CCC(N)C[C@H]3C2)c1. The predicted molar refractivity (Wildman–Crippen MR) is 80.7 cm³/mol. The summed E-state index contributed by atoms with van der Waals surface area (Å²) >= 11 is 0. The van der Waals surface area contributed by atoms with Crippen molar-refractivity contribution >= 4 is 11.4 Å². The second-order valence-corrected chi connectivity index (χ2v) is 6.11. The number of fused-ring (bicyclic) bond motifs is 1. The Kier molecular flexibility index (Phi) is 3.71. The summed E-state index contributed by atoms with van der Waals surface area (Å²) in [5.74, 6) is 1.82. The van der Waals surface area contributed by atoms with Crippen molar-refractivity contribution in [1.29, 1.82) is 0 Å². The number of nitro groups is 1. The van der Waals surface area contributed by atoms with Crippen molar-refractivity contribution < 1.29 is 9.66 Å². The molecule has 0 spiro atoms. The maximum absolute atomic E-state index is 11.3. The van der Waals surface area contributed by atoms with Gasteiger partial charge in [-0.05, 0) is 37.2 Å². The van der Waals surface area contributed by atoms with Crippen LogP contribution in [0.15, 0.2) is 18.2 Å². The second kappa shape index (κ2) is 5.52. The summed E-state index contributed by atoms with van der Waals surface area (Å²) in [5, 5.41) is 11.3. The van der Waals surface area contributed by atoms with Gasteiger partial charge in [-0.25, -0.2) is 0 Å². The highest BCUT2D eigenvalue weighted by Gasteiger charge is 2.38. The molecular weight excluding hydrogens is 270 g/mol. The number of anilines is 1. The van der Waals surface area contributed by atoms with Crippen molar-refractivity contribution in [3.05, 3.63) is 28.3 Å². The molecule has 2 N–H and O–H groups in total. The van der Waals surface area contributed by atoms with Crippen LogP contribution in [0, 0.1) is 22.0 Å². The highest BCUT2D eigenvalue weighted by atomic mass is 16.6. The van der Waals surface area contributed by atoms with Gasteiger partial charge in [0.2, 0.25) is 0 Å². The van der Waals surface area contributed by atoms with Crippen molar-refractivity contribution in [2.24, 2.45) is 17.6 Å². The van der Waals surface area contributed by atoms with E-state index in [0.717, 1.165) is 32.4 Å². The maximum Gasteiger partial charge on any atom is 0.292 e. The minimum absolute atomic E-state index is 0.152. The Morgan fingerprint density at radius 1 is 1.33 bits per heavy atom. The molecule has 1 heterocycles. The minimum atomic E-state index is -0.317. The van der Waals surface area contributed by atoms with E-state index in [2.05, 4.69) is 4.90 Å². The van der Waals surface area contributed by atoms with E-state index in [1.165, 1.54) is 6.07 Å². The van der Waals surface area contributed by atoms with Crippen LogP contribution in [0.1, 0.15) is 19.3 Å². The fourth-order valence-corrected chi connectivity index (χ4v) is 3.70. The van der Waals surface area contributed by atoms with Gasteiger partial charge in [-0.3, -0.25) is 10.1 Å². The van der Waals surface area contributed by atoms with Crippen molar-refractivity contribution in [2.75, 3.05) is 25.1 Å². The highest BCUT2D eigenvalue weighted by Crippen LogP contribution is 2.41. The molecule has 0 amide bonds. The van der Waals surface area contributed by atoms with Gasteiger partial charge in [-0.15, -0.1) is 0 Å². The Balaban J connectivity index is 1.88. The molecule has 0 aromatic heterocycles. The highest BCUT2D eigenvalue weighted by molar-refractivity contribution is 5.66. The average molecular weight is 291 g/mol. The third-order valence-corrected chi connectivity index (χ3v) is 4.81. The van der Waals surface area contributed by atoms with Crippen LogP contribution >= 0.6 is 0 Å². The van der Waals surface area contributed by atoms with Gasteiger partial charge in [0.15, 0.2) is 0 Å². The molecule has 1 saturated heterocycles. The van der Waals surface area contributed by atoms with E-state index in [1.54, 1.807) is 19.2 Å². The molecule has 6 heteroatoms. The van der Waals surface area contributed by atoms with Gasteiger partial charge in [0, 0.05) is 31.3 Å². The molecule has 1 aromatic carbocycles. The van der Waals surface area contributed by atoms with Gasteiger partial charge in [0.25, 0.3) is 5.69 Å². The summed E-state index contributed by atoms with van der Waals surface area (Å²) in [6, 6.07) is 5.23. The number of nitrogens with two attached hydrogens (primary N) is 1. The van der Waals surface area contributed by atoms with E-state index in [0.29, 0.717) is 23.3 Å². The van der Waals surface area contributed by atoms with Gasteiger partial charge in [0.1, 0.15) is 11.4 Å². The second-order valence-electron chi connectivity index (χ2n) is 6.11. The lowest BCUT2D eigenvalue weighted by Crippen LogP contribution is -2.32. The first-order valence-corrected chi connectivity index (χ1v) is 7.41. The van der Waals surface area contributed by atoms with Crippen molar-refractivity contribution in [3.8, 4) is 5.75 Å². The van der Waals surface area contributed by atoms with Gasteiger partial charge in [0.05, 0.1) is 12.0 Å². The number of hydrogen-bond acceptors (Lipinski definition) is 5. The molecule has 3 rings (SSSR count). The molecular formula is C15H21N3O3. The topological polar surface area (TPSA) is 81.6 Å². The fraction of sp³-hybridized carbons (Fsp3) is 0.600. The first kappa shape index (κ1) is 14.1. The largest absolute Gasteiger partial charge is 0.497 e. The molecule has 3 atom stereocenters. The predicted octanol–water partition coefficient (Wildman–Crippen LogP) is 2.17. The summed E-state index contributed by atoms with van der Waals surface area (Å²) in [6.07, 6.45) is 3.22. The van der Waals surface area contributed by atoms with E-state index >= 15 is 0 Å². The number of hydrogen-bond donors (Lipinski definition) is 1. The summed E-state index contributed by atoms with van der Waals surface area (Å²) in [7, 11) is 1.58. The van der Waals surface area contributed by atoms with E-state index in [9.17, 15) is 10.1 Å². The number of nitro benzene ring substituents is 1. The normalized spacial score (nSPS) is 28.3. The lowest BCUT2D eigenvalue weighted by atomic mass is 9.79. The quantitative estimate of drug-likeness (QED) is 0.681. The third kappa shape index (κ3) is 2.68. The van der Waals surface area contributed by atoms with E-state index < -0.39 is 0 Å². The van der Waals surface area contributed by atoms with Gasteiger partial charge in [-0.1, -0.05) is 0 Å². The molecule has 114 valence electrons. The van der Waals surface area contributed by atoms with Crippen LogP contribution in [0.25, 0.3) is 0 Å². The number of ether oxygens (including phenoxy) is 1. The Hall–Kier alpha value is -1.82. The summed E-state index contributed by atoms with van der Waals surface area (Å²) in [4.78, 5) is 13.1. The monoisotopic (exact) mass is 291 g/mol. The van der Waals surface area contributed by atoms with Crippen LogP contribution in [0.2, 0.25) is 0 Å². The molecule has 0 radical (unpaired) electrons. The van der Waals surface area contributed by atoms with Crippen molar-refractivity contribution in [3.63, 3.8) is 0 Å². The van der Waals surface area contributed by atoms with Crippen molar-refractivity contribution in [2.45, 2.75) is 25.3 Å². The van der Waals surface area contributed by atoms with Crippen LogP contribution < -0.4 is 15.4 Å². The van der Waals surface area contributed by atoms with Crippen LogP contribution in [0.4, 0.5) is 11.4 Å². The summed E-state index contributed by atoms with van der Waals surface area (Å²) < 4.78 is 5.22. The van der Waals surface area contributed by atoms with Crippen LogP contribution in [-0.4, -0.2) is 31.2 Å². The number of methoxy groups -OCH3 is 1. The van der Waals surface area contributed by atoms with Crippen molar-refractivity contribution in [1.82, 2.24) is 0 Å². The van der Waals surface area contributed by atoms with E-state index in [-0.39, 0.29) is 16.7 Å². The summed E-state index contributed by atoms with van der Waals surface area (Å²) in [5.41, 5.74) is 6.87. The zero-order chi connectivity index (χ0) is 15.0.